The fraction of sp³-hybridized carbons (Fsp3) is 0.583. The Morgan fingerprint density at radius 1 is 1.24 bits per heavy atom. The Labute approximate surface area is 174 Å². The van der Waals surface area contributed by atoms with Gasteiger partial charge in [0.1, 0.15) is 6.10 Å². The van der Waals surface area contributed by atoms with Crippen LogP contribution in [0.4, 0.5) is 0 Å². The highest BCUT2D eigenvalue weighted by Crippen LogP contribution is 2.43. The fourth-order valence-corrected chi connectivity index (χ4v) is 4.07. The van der Waals surface area contributed by atoms with Crippen molar-refractivity contribution in [2.45, 2.75) is 79.1 Å². The summed E-state index contributed by atoms with van der Waals surface area (Å²) >= 11 is 0. The van der Waals surface area contributed by atoms with Gasteiger partial charge < -0.3 is 14.2 Å². The van der Waals surface area contributed by atoms with E-state index >= 15 is 0 Å². The summed E-state index contributed by atoms with van der Waals surface area (Å²) in [6.45, 7) is 13.3. The van der Waals surface area contributed by atoms with Crippen LogP contribution in [0.25, 0.3) is 0 Å². The number of carbonyl (C=O) groups excluding carboxylic acids is 2. The van der Waals surface area contributed by atoms with E-state index in [1.54, 1.807) is 6.26 Å². The molecule has 0 saturated carbocycles. The second-order valence-corrected chi connectivity index (χ2v) is 8.27. The Bertz CT molecular complexity index is 724. The Morgan fingerprint density at radius 3 is 2.59 bits per heavy atom. The molecule has 2 aliphatic rings. The first-order chi connectivity index (χ1) is 13.7. The van der Waals surface area contributed by atoms with Crippen molar-refractivity contribution in [2.24, 2.45) is 11.8 Å². The molecular weight excluding hydrogens is 368 g/mol. The lowest BCUT2D eigenvalue weighted by Crippen LogP contribution is -2.41. The van der Waals surface area contributed by atoms with E-state index in [1.807, 2.05) is 13.8 Å². The van der Waals surface area contributed by atoms with Gasteiger partial charge in [-0.2, -0.15) is 0 Å². The van der Waals surface area contributed by atoms with Gasteiger partial charge in [-0.15, -0.1) is 0 Å². The Balaban J connectivity index is 2.45. The molecule has 0 bridgehead atoms. The third-order valence-electron chi connectivity index (χ3n) is 5.47. The van der Waals surface area contributed by atoms with E-state index in [-0.39, 0.29) is 23.8 Å². The first-order valence-corrected chi connectivity index (χ1v) is 10.4. The average molecular weight is 403 g/mol. The minimum absolute atomic E-state index is 0.0250. The second kappa shape index (κ2) is 10.5. The zero-order valence-corrected chi connectivity index (χ0v) is 18.3. The molecule has 160 valence electrons. The third-order valence-corrected chi connectivity index (χ3v) is 5.47. The van der Waals surface area contributed by atoms with Crippen molar-refractivity contribution < 1.29 is 23.8 Å². The number of hydrogen-bond donors (Lipinski definition) is 0. The Kier molecular flexibility index (Phi) is 8.30. The monoisotopic (exact) mass is 402 g/mol. The molecule has 29 heavy (non-hydrogen) atoms. The Morgan fingerprint density at radius 2 is 1.97 bits per heavy atom. The summed E-state index contributed by atoms with van der Waals surface area (Å²) in [4.78, 5) is 23.5. The maximum Gasteiger partial charge on any atom is 0.305 e. The van der Waals surface area contributed by atoms with E-state index in [0.717, 1.165) is 42.4 Å². The van der Waals surface area contributed by atoms with Crippen LogP contribution in [0.15, 0.2) is 47.3 Å². The molecule has 0 spiro atoms. The molecule has 0 saturated heterocycles. The standard InChI is InChI=1S/C24H34O5/c1-15(2)10-13-22(28-18(5)25)21-14-27-24(29-19(6)26)23-17(4)9-7-8-16(3)11-12-20(21)23/h8,10,14,20,22-24H,4,7,9,11-13H2,1-3,5-6H3/t20-,22?,23+,24-/m1/s1. The fourth-order valence-electron chi connectivity index (χ4n) is 4.07. The van der Waals surface area contributed by atoms with Crippen molar-refractivity contribution >= 4 is 11.9 Å². The van der Waals surface area contributed by atoms with Crippen molar-refractivity contribution in [1.82, 2.24) is 0 Å². The first-order valence-electron chi connectivity index (χ1n) is 10.4. The number of esters is 2. The normalized spacial score (nSPS) is 25.6. The minimum Gasteiger partial charge on any atom is -0.462 e. The molecule has 4 atom stereocenters. The number of fused-ring (bicyclic) bond motifs is 1. The summed E-state index contributed by atoms with van der Waals surface area (Å²) in [5.41, 5.74) is 4.43. The second-order valence-electron chi connectivity index (χ2n) is 8.27. The molecule has 1 aliphatic carbocycles. The molecule has 0 radical (unpaired) electrons. The van der Waals surface area contributed by atoms with Crippen molar-refractivity contribution in [3.63, 3.8) is 0 Å². The van der Waals surface area contributed by atoms with Crippen LogP contribution < -0.4 is 0 Å². The molecule has 0 aromatic rings. The molecule has 5 heteroatoms. The lowest BCUT2D eigenvalue weighted by Gasteiger charge is -2.40. The third kappa shape index (κ3) is 6.62. The van der Waals surface area contributed by atoms with Gasteiger partial charge in [0, 0.05) is 31.8 Å². The predicted octanol–water partition coefficient (Wildman–Crippen LogP) is 5.39. The number of rotatable bonds is 5. The van der Waals surface area contributed by atoms with Crippen LogP contribution in [-0.4, -0.2) is 24.3 Å². The summed E-state index contributed by atoms with van der Waals surface area (Å²) in [5.74, 6) is -0.844. The van der Waals surface area contributed by atoms with Crippen LogP contribution >= 0.6 is 0 Å². The van der Waals surface area contributed by atoms with E-state index in [9.17, 15) is 9.59 Å². The lowest BCUT2D eigenvalue weighted by molar-refractivity contribution is -0.181. The number of carbonyl (C=O) groups is 2. The van der Waals surface area contributed by atoms with Gasteiger partial charge in [0.25, 0.3) is 0 Å². The van der Waals surface area contributed by atoms with Gasteiger partial charge in [-0.3, -0.25) is 9.59 Å². The summed E-state index contributed by atoms with van der Waals surface area (Å²) in [6.07, 6.45) is 8.92. The molecule has 1 aliphatic heterocycles. The number of hydrogen-bond acceptors (Lipinski definition) is 5. The summed E-state index contributed by atoms with van der Waals surface area (Å²) in [7, 11) is 0. The molecule has 2 rings (SSSR count). The molecular formula is C24H34O5. The molecule has 0 aromatic carbocycles. The zero-order valence-electron chi connectivity index (χ0n) is 18.3. The van der Waals surface area contributed by atoms with E-state index in [1.165, 1.54) is 19.4 Å². The van der Waals surface area contributed by atoms with Crippen molar-refractivity contribution in [3.05, 3.63) is 47.3 Å². The molecule has 0 N–H and O–H groups in total. The van der Waals surface area contributed by atoms with E-state index in [2.05, 4.69) is 25.7 Å². The minimum atomic E-state index is -0.700. The molecule has 0 amide bonds. The SMILES string of the molecule is C=C1CCC=C(C)CC[C@@H]2C(C(CC=C(C)C)OC(C)=O)=CO[C@H](OC(C)=O)[C@@H]12. The molecule has 1 heterocycles. The largest absolute Gasteiger partial charge is 0.462 e. The van der Waals surface area contributed by atoms with Crippen LogP contribution in [-0.2, 0) is 23.8 Å². The zero-order chi connectivity index (χ0) is 21.6. The number of allylic oxidation sites excluding steroid dienone is 3. The van der Waals surface area contributed by atoms with Crippen molar-refractivity contribution in [2.75, 3.05) is 0 Å². The van der Waals surface area contributed by atoms with Gasteiger partial charge in [-0.05, 0) is 46.5 Å². The number of ether oxygens (including phenoxy) is 3. The van der Waals surface area contributed by atoms with Crippen LogP contribution in [0.3, 0.4) is 0 Å². The van der Waals surface area contributed by atoms with Crippen molar-refractivity contribution in [1.29, 1.82) is 0 Å². The molecule has 5 nitrogen and oxygen atoms in total. The predicted molar refractivity (Wildman–Crippen MR) is 113 cm³/mol. The van der Waals surface area contributed by atoms with E-state index < -0.39 is 12.4 Å². The summed E-state index contributed by atoms with van der Waals surface area (Å²) in [5, 5.41) is 0. The highest BCUT2D eigenvalue weighted by atomic mass is 16.7. The maximum atomic E-state index is 11.8. The topological polar surface area (TPSA) is 61.8 Å². The highest BCUT2D eigenvalue weighted by molar-refractivity contribution is 5.67. The van der Waals surface area contributed by atoms with Gasteiger partial charge in [0.15, 0.2) is 0 Å². The maximum absolute atomic E-state index is 11.8. The van der Waals surface area contributed by atoms with Gasteiger partial charge >= 0.3 is 11.9 Å². The lowest BCUT2D eigenvalue weighted by atomic mass is 9.74. The quantitative estimate of drug-likeness (QED) is 0.456. The van der Waals surface area contributed by atoms with Gasteiger partial charge in [-0.25, -0.2) is 0 Å². The van der Waals surface area contributed by atoms with Crippen molar-refractivity contribution in [3.8, 4) is 0 Å². The Hall–Kier alpha value is -2.30. The van der Waals surface area contributed by atoms with E-state index in [4.69, 9.17) is 14.2 Å². The first kappa shape index (κ1) is 23.0. The highest BCUT2D eigenvalue weighted by Gasteiger charge is 2.42. The van der Waals surface area contributed by atoms with E-state index in [0.29, 0.717) is 6.42 Å². The smallest absolute Gasteiger partial charge is 0.305 e. The molecule has 0 fully saturated rings. The van der Waals surface area contributed by atoms with Crippen LogP contribution in [0.5, 0.6) is 0 Å². The average Bonchev–Trinajstić information content (AvgIpc) is 2.68. The van der Waals surface area contributed by atoms with Gasteiger partial charge in [0.05, 0.1) is 12.2 Å². The molecule has 1 unspecified atom stereocenters. The van der Waals surface area contributed by atoms with Crippen LogP contribution in [0.1, 0.15) is 66.7 Å². The van der Waals surface area contributed by atoms with Crippen LogP contribution in [0.2, 0.25) is 0 Å². The van der Waals surface area contributed by atoms with Gasteiger partial charge in [0.2, 0.25) is 6.29 Å². The molecule has 0 aromatic heterocycles. The van der Waals surface area contributed by atoms with Gasteiger partial charge in [-0.1, -0.05) is 35.5 Å². The van der Waals surface area contributed by atoms with Crippen LogP contribution in [0, 0.1) is 11.8 Å². The summed E-state index contributed by atoms with van der Waals surface area (Å²) < 4.78 is 17.1. The summed E-state index contributed by atoms with van der Waals surface area (Å²) in [6, 6.07) is 0.